The SMILES string of the molecule is COc1ccc(CC(C(=O)O)C(=O)O)cc1COC(=O)Nc1ccc(C)cc1. The third-order valence-electron chi connectivity index (χ3n) is 4.04. The minimum absolute atomic E-state index is 0.125. The summed E-state index contributed by atoms with van der Waals surface area (Å²) in [6.07, 6.45) is -0.859. The van der Waals surface area contributed by atoms with Crippen LogP contribution >= 0.6 is 0 Å². The molecule has 8 nitrogen and oxygen atoms in total. The summed E-state index contributed by atoms with van der Waals surface area (Å²) in [4.78, 5) is 34.1. The molecule has 0 aliphatic heterocycles. The first kappa shape index (κ1) is 20.8. The molecule has 28 heavy (non-hydrogen) atoms. The number of aryl methyl sites for hydroxylation is 1. The van der Waals surface area contributed by atoms with Crippen molar-refractivity contribution in [3.05, 3.63) is 59.2 Å². The molecule has 0 aliphatic carbocycles. The maximum Gasteiger partial charge on any atom is 0.411 e. The molecule has 0 saturated heterocycles. The van der Waals surface area contributed by atoms with Crippen LogP contribution in [0.3, 0.4) is 0 Å². The van der Waals surface area contributed by atoms with E-state index in [1.54, 1.807) is 30.3 Å². The van der Waals surface area contributed by atoms with Crippen LogP contribution in [0, 0.1) is 12.8 Å². The molecule has 0 spiro atoms. The van der Waals surface area contributed by atoms with Crippen LogP contribution < -0.4 is 10.1 Å². The molecule has 0 fully saturated rings. The maximum absolute atomic E-state index is 12.0. The molecule has 0 unspecified atom stereocenters. The minimum Gasteiger partial charge on any atom is -0.496 e. The first-order chi connectivity index (χ1) is 13.3. The Morgan fingerprint density at radius 2 is 1.68 bits per heavy atom. The van der Waals surface area contributed by atoms with E-state index in [9.17, 15) is 14.4 Å². The standard InChI is InChI=1S/C20H21NO7/c1-12-3-6-15(7-4-12)21-20(26)28-11-14-9-13(5-8-17(14)27-2)10-16(18(22)23)19(24)25/h3-9,16H,10-11H2,1-2H3,(H,21,26)(H,22,23)(H,24,25). The number of rotatable bonds is 8. The topological polar surface area (TPSA) is 122 Å². The van der Waals surface area contributed by atoms with Crippen molar-refractivity contribution in [2.45, 2.75) is 20.0 Å². The largest absolute Gasteiger partial charge is 0.496 e. The van der Waals surface area contributed by atoms with E-state index in [0.717, 1.165) is 5.56 Å². The van der Waals surface area contributed by atoms with Crippen LogP contribution in [0.2, 0.25) is 0 Å². The Kier molecular flexibility index (Phi) is 6.97. The second-order valence-electron chi connectivity index (χ2n) is 6.15. The van der Waals surface area contributed by atoms with E-state index in [1.165, 1.54) is 7.11 Å². The molecule has 1 amide bonds. The lowest BCUT2D eigenvalue weighted by Crippen LogP contribution is -2.25. The van der Waals surface area contributed by atoms with Crippen molar-refractivity contribution in [2.75, 3.05) is 12.4 Å². The van der Waals surface area contributed by atoms with Crippen molar-refractivity contribution < 1.29 is 34.1 Å². The second-order valence-corrected chi connectivity index (χ2v) is 6.15. The van der Waals surface area contributed by atoms with Gasteiger partial charge in [-0.25, -0.2) is 4.79 Å². The van der Waals surface area contributed by atoms with E-state index in [-0.39, 0.29) is 13.0 Å². The molecular formula is C20H21NO7. The average Bonchev–Trinajstić information content (AvgIpc) is 2.65. The first-order valence-corrected chi connectivity index (χ1v) is 8.42. The zero-order valence-corrected chi connectivity index (χ0v) is 15.5. The van der Waals surface area contributed by atoms with Gasteiger partial charge in [-0.2, -0.15) is 0 Å². The van der Waals surface area contributed by atoms with Gasteiger partial charge in [0.05, 0.1) is 7.11 Å². The van der Waals surface area contributed by atoms with Crippen molar-refractivity contribution >= 4 is 23.7 Å². The predicted molar refractivity (Wildman–Crippen MR) is 100 cm³/mol. The van der Waals surface area contributed by atoms with Gasteiger partial charge in [0.1, 0.15) is 12.4 Å². The molecule has 2 aromatic rings. The van der Waals surface area contributed by atoms with Crippen LogP contribution in [0.25, 0.3) is 0 Å². The lowest BCUT2D eigenvalue weighted by atomic mass is 9.98. The van der Waals surface area contributed by atoms with Gasteiger partial charge < -0.3 is 19.7 Å². The number of nitrogens with one attached hydrogen (secondary N) is 1. The van der Waals surface area contributed by atoms with Crippen LogP contribution in [0.4, 0.5) is 10.5 Å². The van der Waals surface area contributed by atoms with E-state index in [0.29, 0.717) is 22.6 Å². The Bertz CT molecular complexity index is 847. The van der Waals surface area contributed by atoms with Gasteiger partial charge in [-0.3, -0.25) is 14.9 Å². The highest BCUT2D eigenvalue weighted by Gasteiger charge is 2.26. The fraction of sp³-hybridized carbons (Fsp3) is 0.250. The summed E-state index contributed by atoms with van der Waals surface area (Å²) < 4.78 is 10.4. The van der Waals surface area contributed by atoms with Crippen LogP contribution in [0.1, 0.15) is 16.7 Å². The first-order valence-electron chi connectivity index (χ1n) is 8.42. The Morgan fingerprint density at radius 3 is 2.25 bits per heavy atom. The highest BCUT2D eigenvalue weighted by Crippen LogP contribution is 2.23. The molecule has 0 aromatic heterocycles. The van der Waals surface area contributed by atoms with Gasteiger partial charge in [0.2, 0.25) is 0 Å². The molecule has 0 atom stereocenters. The fourth-order valence-corrected chi connectivity index (χ4v) is 2.52. The number of hydrogen-bond donors (Lipinski definition) is 3. The van der Waals surface area contributed by atoms with Crippen LogP contribution in [-0.4, -0.2) is 35.4 Å². The molecule has 148 valence electrons. The van der Waals surface area contributed by atoms with E-state index >= 15 is 0 Å². The molecule has 0 radical (unpaired) electrons. The minimum atomic E-state index is -1.56. The molecular weight excluding hydrogens is 366 g/mol. The number of carboxylic acid groups (broad SMARTS) is 2. The highest BCUT2D eigenvalue weighted by molar-refractivity contribution is 5.93. The quantitative estimate of drug-likeness (QED) is 0.595. The Hall–Kier alpha value is -3.55. The molecule has 0 bridgehead atoms. The van der Waals surface area contributed by atoms with Crippen molar-refractivity contribution in [3.8, 4) is 5.75 Å². The average molecular weight is 387 g/mol. The van der Waals surface area contributed by atoms with Crippen molar-refractivity contribution in [2.24, 2.45) is 5.92 Å². The number of methoxy groups -OCH3 is 1. The molecule has 0 heterocycles. The van der Waals surface area contributed by atoms with Crippen molar-refractivity contribution in [1.82, 2.24) is 0 Å². The smallest absolute Gasteiger partial charge is 0.411 e. The Labute approximate surface area is 161 Å². The van der Waals surface area contributed by atoms with Crippen molar-refractivity contribution in [3.63, 3.8) is 0 Å². The summed E-state index contributed by atoms with van der Waals surface area (Å²) in [6.45, 7) is 1.81. The van der Waals surface area contributed by atoms with Crippen LogP contribution in [0.5, 0.6) is 5.75 Å². The second kappa shape index (κ2) is 9.40. The number of hydrogen-bond acceptors (Lipinski definition) is 5. The third kappa shape index (κ3) is 5.73. The number of carbonyl (C=O) groups excluding carboxylic acids is 1. The molecule has 2 aromatic carbocycles. The number of amides is 1. The van der Waals surface area contributed by atoms with Gasteiger partial charge in [0, 0.05) is 11.3 Å². The number of aliphatic carboxylic acids is 2. The molecule has 2 rings (SSSR count). The lowest BCUT2D eigenvalue weighted by molar-refractivity contribution is -0.154. The number of benzene rings is 2. The number of ether oxygens (including phenoxy) is 2. The molecule has 0 aliphatic rings. The molecule has 0 saturated carbocycles. The summed E-state index contributed by atoms with van der Waals surface area (Å²) in [5.41, 5.74) is 2.62. The zero-order chi connectivity index (χ0) is 20.7. The summed E-state index contributed by atoms with van der Waals surface area (Å²) in [6, 6.07) is 11.9. The summed E-state index contributed by atoms with van der Waals surface area (Å²) in [5.74, 6) is -3.96. The monoisotopic (exact) mass is 387 g/mol. The van der Waals surface area contributed by atoms with Gasteiger partial charge in [0.15, 0.2) is 5.92 Å². The number of carbonyl (C=O) groups is 3. The van der Waals surface area contributed by atoms with Gasteiger partial charge >= 0.3 is 18.0 Å². The normalized spacial score (nSPS) is 10.4. The highest BCUT2D eigenvalue weighted by atomic mass is 16.5. The molecule has 8 heteroatoms. The maximum atomic E-state index is 12.0. The number of carboxylic acids is 2. The summed E-state index contributed by atoms with van der Waals surface area (Å²) in [5, 5.41) is 20.6. The van der Waals surface area contributed by atoms with E-state index in [2.05, 4.69) is 5.32 Å². The van der Waals surface area contributed by atoms with E-state index in [4.69, 9.17) is 19.7 Å². The van der Waals surface area contributed by atoms with Gasteiger partial charge in [-0.05, 0) is 43.2 Å². The van der Waals surface area contributed by atoms with Crippen LogP contribution in [0.15, 0.2) is 42.5 Å². The van der Waals surface area contributed by atoms with Gasteiger partial charge in [-0.1, -0.05) is 23.8 Å². The number of anilines is 1. The fourth-order valence-electron chi connectivity index (χ4n) is 2.52. The van der Waals surface area contributed by atoms with Gasteiger partial charge in [0.25, 0.3) is 0 Å². The van der Waals surface area contributed by atoms with Gasteiger partial charge in [-0.15, -0.1) is 0 Å². The summed E-state index contributed by atoms with van der Waals surface area (Å²) in [7, 11) is 1.45. The Balaban J connectivity index is 2.06. The Morgan fingerprint density at radius 1 is 1.04 bits per heavy atom. The van der Waals surface area contributed by atoms with E-state index < -0.39 is 23.9 Å². The predicted octanol–water partition coefficient (Wildman–Crippen LogP) is 3.08. The lowest BCUT2D eigenvalue weighted by Gasteiger charge is -2.13. The van der Waals surface area contributed by atoms with Crippen LogP contribution in [-0.2, 0) is 27.4 Å². The molecule has 3 N–H and O–H groups in total. The van der Waals surface area contributed by atoms with Crippen molar-refractivity contribution in [1.29, 1.82) is 0 Å². The van der Waals surface area contributed by atoms with E-state index in [1.807, 2.05) is 19.1 Å². The summed E-state index contributed by atoms with van der Waals surface area (Å²) >= 11 is 0. The third-order valence-corrected chi connectivity index (χ3v) is 4.04. The zero-order valence-electron chi connectivity index (χ0n) is 15.5.